The summed E-state index contributed by atoms with van der Waals surface area (Å²) in [5.74, 6) is -0.128. The van der Waals surface area contributed by atoms with Crippen LogP contribution in [0.5, 0.6) is 0 Å². The Morgan fingerprint density at radius 2 is 2.06 bits per heavy atom. The van der Waals surface area contributed by atoms with Gasteiger partial charge in [-0.15, -0.1) is 0 Å². The largest absolute Gasteiger partial charge is 0.398 e. The van der Waals surface area contributed by atoms with Crippen LogP contribution in [0.25, 0.3) is 0 Å². The number of carbonyl (C=O) groups excluding carboxylic acids is 1. The Balaban J connectivity index is 2.93. The highest BCUT2D eigenvalue weighted by Gasteiger charge is 2.21. The average molecular weight is 236 g/mol. The van der Waals surface area contributed by atoms with Gasteiger partial charge in [-0.25, -0.2) is 0 Å². The van der Waals surface area contributed by atoms with Crippen LogP contribution in [-0.4, -0.2) is 35.1 Å². The van der Waals surface area contributed by atoms with E-state index in [1.165, 1.54) is 4.90 Å². The quantitative estimate of drug-likeness (QED) is 0.780. The predicted molar refractivity (Wildman–Crippen MR) is 68.8 cm³/mol. The van der Waals surface area contributed by atoms with Gasteiger partial charge in [0.1, 0.15) is 0 Å². The monoisotopic (exact) mass is 236 g/mol. The van der Waals surface area contributed by atoms with E-state index in [9.17, 15) is 9.90 Å². The van der Waals surface area contributed by atoms with Gasteiger partial charge in [-0.3, -0.25) is 4.79 Å². The molecule has 0 aliphatic rings. The number of anilines is 1. The van der Waals surface area contributed by atoms with Crippen molar-refractivity contribution in [1.82, 2.24) is 4.90 Å². The molecule has 94 valence electrons. The average Bonchev–Trinajstić information content (AvgIpc) is 2.18. The number of hydrogen-bond donors (Lipinski definition) is 2. The summed E-state index contributed by atoms with van der Waals surface area (Å²) in [5, 5.41) is 9.69. The van der Waals surface area contributed by atoms with E-state index in [-0.39, 0.29) is 12.5 Å². The van der Waals surface area contributed by atoms with Gasteiger partial charge >= 0.3 is 0 Å². The molecule has 1 aromatic rings. The Labute approximate surface area is 102 Å². The Kier molecular flexibility index (Phi) is 3.78. The van der Waals surface area contributed by atoms with Crippen molar-refractivity contribution in [2.24, 2.45) is 0 Å². The van der Waals surface area contributed by atoms with Crippen LogP contribution in [-0.2, 0) is 0 Å². The summed E-state index contributed by atoms with van der Waals surface area (Å²) in [6.07, 6.45) is 0. The number of benzene rings is 1. The van der Waals surface area contributed by atoms with Gasteiger partial charge < -0.3 is 15.7 Å². The zero-order valence-electron chi connectivity index (χ0n) is 10.8. The van der Waals surface area contributed by atoms with Crippen molar-refractivity contribution in [3.05, 3.63) is 29.3 Å². The maximum absolute atomic E-state index is 12.2. The van der Waals surface area contributed by atoms with E-state index in [1.807, 2.05) is 6.92 Å². The van der Waals surface area contributed by atoms with E-state index in [2.05, 4.69) is 0 Å². The molecule has 4 nitrogen and oxygen atoms in total. The third kappa shape index (κ3) is 3.46. The van der Waals surface area contributed by atoms with E-state index in [0.717, 1.165) is 5.56 Å². The lowest BCUT2D eigenvalue weighted by atomic mass is 10.0. The van der Waals surface area contributed by atoms with Crippen molar-refractivity contribution < 1.29 is 9.90 Å². The topological polar surface area (TPSA) is 66.6 Å². The number of hydrogen-bond acceptors (Lipinski definition) is 3. The van der Waals surface area contributed by atoms with Crippen molar-refractivity contribution in [3.63, 3.8) is 0 Å². The molecule has 0 saturated carbocycles. The molecule has 0 radical (unpaired) electrons. The Hall–Kier alpha value is -1.55. The highest BCUT2D eigenvalue weighted by molar-refractivity contribution is 5.96. The van der Waals surface area contributed by atoms with Gasteiger partial charge in [-0.1, -0.05) is 6.07 Å². The van der Waals surface area contributed by atoms with Crippen LogP contribution in [0.1, 0.15) is 29.8 Å². The molecule has 0 atom stereocenters. The fourth-order valence-electron chi connectivity index (χ4n) is 1.74. The molecule has 0 aliphatic heterocycles. The van der Waals surface area contributed by atoms with Crippen molar-refractivity contribution in [2.75, 3.05) is 19.3 Å². The standard InChI is InChI=1S/C13H20N2O2/c1-9-10(6-5-7-11(9)14)12(16)15(4)8-13(2,3)17/h5-7,17H,8,14H2,1-4H3. The van der Waals surface area contributed by atoms with Crippen LogP contribution in [0.3, 0.4) is 0 Å². The number of nitrogen functional groups attached to an aromatic ring is 1. The minimum absolute atomic E-state index is 0.128. The molecule has 0 aliphatic carbocycles. The summed E-state index contributed by atoms with van der Waals surface area (Å²) in [7, 11) is 1.67. The van der Waals surface area contributed by atoms with Crippen LogP contribution in [0, 0.1) is 6.92 Å². The number of amides is 1. The van der Waals surface area contributed by atoms with Gasteiger partial charge in [0.2, 0.25) is 0 Å². The molecule has 17 heavy (non-hydrogen) atoms. The summed E-state index contributed by atoms with van der Waals surface area (Å²) in [5.41, 5.74) is 6.82. The normalized spacial score (nSPS) is 11.4. The summed E-state index contributed by atoms with van der Waals surface area (Å²) in [6.45, 7) is 5.44. The smallest absolute Gasteiger partial charge is 0.254 e. The first-order valence-electron chi connectivity index (χ1n) is 5.55. The second-order valence-electron chi connectivity index (χ2n) is 4.99. The second kappa shape index (κ2) is 4.75. The molecule has 1 amide bonds. The number of rotatable bonds is 3. The summed E-state index contributed by atoms with van der Waals surface area (Å²) < 4.78 is 0. The maximum atomic E-state index is 12.2. The third-order valence-corrected chi connectivity index (χ3v) is 2.58. The van der Waals surface area contributed by atoms with Crippen LogP contribution in [0.2, 0.25) is 0 Å². The number of carbonyl (C=O) groups is 1. The van der Waals surface area contributed by atoms with Crippen molar-refractivity contribution in [2.45, 2.75) is 26.4 Å². The highest BCUT2D eigenvalue weighted by Crippen LogP contribution is 2.17. The first-order chi connectivity index (χ1) is 7.72. The minimum atomic E-state index is -0.904. The lowest BCUT2D eigenvalue weighted by Crippen LogP contribution is -2.39. The molecule has 1 aromatic carbocycles. The first-order valence-corrected chi connectivity index (χ1v) is 5.55. The highest BCUT2D eigenvalue weighted by atomic mass is 16.3. The van der Waals surface area contributed by atoms with E-state index in [1.54, 1.807) is 39.1 Å². The lowest BCUT2D eigenvalue weighted by molar-refractivity contribution is 0.0367. The maximum Gasteiger partial charge on any atom is 0.254 e. The van der Waals surface area contributed by atoms with Crippen LogP contribution >= 0.6 is 0 Å². The first kappa shape index (κ1) is 13.5. The fourth-order valence-corrected chi connectivity index (χ4v) is 1.74. The molecule has 0 unspecified atom stereocenters. The Bertz CT molecular complexity index is 422. The summed E-state index contributed by atoms with van der Waals surface area (Å²) in [4.78, 5) is 13.7. The zero-order valence-corrected chi connectivity index (χ0v) is 10.8. The molecule has 0 saturated heterocycles. The van der Waals surface area contributed by atoms with Crippen LogP contribution in [0.15, 0.2) is 18.2 Å². The minimum Gasteiger partial charge on any atom is -0.398 e. The Morgan fingerprint density at radius 3 is 2.59 bits per heavy atom. The van der Waals surface area contributed by atoms with Crippen LogP contribution in [0.4, 0.5) is 5.69 Å². The van der Waals surface area contributed by atoms with Crippen molar-refractivity contribution in [1.29, 1.82) is 0 Å². The van der Waals surface area contributed by atoms with E-state index in [0.29, 0.717) is 11.3 Å². The Morgan fingerprint density at radius 1 is 1.47 bits per heavy atom. The molecule has 0 fully saturated rings. The lowest BCUT2D eigenvalue weighted by Gasteiger charge is -2.26. The number of nitrogens with zero attached hydrogens (tertiary/aromatic N) is 1. The van der Waals surface area contributed by atoms with Crippen LogP contribution < -0.4 is 5.73 Å². The van der Waals surface area contributed by atoms with E-state index < -0.39 is 5.60 Å². The molecule has 0 bridgehead atoms. The van der Waals surface area contributed by atoms with Gasteiger partial charge in [-0.05, 0) is 38.5 Å². The molecular formula is C13H20N2O2. The predicted octanol–water partition coefficient (Wildman–Crippen LogP) is 1.42. The van der Waals surface area contributed by atoms with Gasteiger partial charge in [0.05, 0.1) is 5.60 Å². The second-order valence-corrected chi connectivity index (χ2v) is 4.99. The molecule has 4 heteroatoms. The SMILES string of the molecule is Cc1c(N)cccc1C(=O)N(C)CC(C)(C)O. The summed E-state index contributed by atoms with van der Waals surface area (Å²) >= 11 is 0. The third-order valence-electron chi connectivity index (χ3n) is 2.58. The van der Waals surface area contributed by atoms with E-state index in [4.69, 9.17) is 5.73 Å². The van der Waals surface area contributed by atoms with Gasteiger partial charge in [0.25, 0.3) is 5.91 Å². The molecule has 3 N–H and O–H groups in total. The summed E-state index contributed by atoms with van der Waals surface area (Å²) in [6, 6.07) is 5.27. The zero-order chi connectivity index (χ0) is 13.2. The molecule has 0 heterocycles. The molecular weight excluding hydrogens is 216 g/mol. The molecule has 1 rings (SSSR count). The van der Waals surface area contributed by atoms with Gasteiger partial charge in [0, 0.05) is 24.8 Å². The van der Waals surface area contributed by atoms with Crippen molar-refractivity contribution >= 4 is 11.6 Å². The molecule has 0 aromatic heterocycles. The number of nitrogens with two attached hydrogens (primary N) is 1. The number of aliphatic hydroxyl groups is 1. The molecule has 0 spiro atoms. The van der Waals surface area contributed by atoms with Gasteiger partial charge in [0.15, 0.2) is 0 Å². The van der Waals surface area contributed by atoms with Crippen molar-refractivity contribution in [3.8, 4) is 0 Å². The van der Waals surface area contributed by atoms with E-state index >= 15 is 0 Å². The van der Waals surface area contributed by atoms with Gasteiger partial charge in [-0.2, -0.15) is 0 Å². The fraction of sp³-hybridized carbons (Fsp3) is 0.462. The number of likely N-dealkylation sites (N-methyl/N-ethyl adjacent to an activating group) is 1.